The highest BCUT2D eigenvalue weighted by atomic mass is 16.3. The lowest BCUT2D eigenvalue weighted by Gasteiger charge is -2.32. The molecule has 1 aliphatic heterocycles. The van der Waals surface area contributed by atoms with E-state index in [0.29, 0.717) is 5.56 Å². The lowest BCUT2D eigenvalue weighted by Crippen LogP contribution is -2.33. The summed E-state index contributed by atoms with van der Waals surface area (Å²) in [7, 11) is 0. The van der Waals surface area contributed by atoms with Crippen molar-refractivity contribution in [2.24, 2.45) is 0 Å². The van der Waals surface area contributed by atoms with Gasteiger partial charge in [-0.1, -0.05) is 42.5 Å². The van der Waals surface area contributed by atoms with Gasteiger partial charge in [-0.15, -0.1) is 0 Å². The lowest BCUT2D eigenvalue weighted by molar-refractivity contribution is 0.0774. The maximum Gasteiger partial charge on any atom is 0.258 e. The average Bonchev–Trinajstić information content (AvgIpc) is 3.07. The van der Waals surface area contributed by atoms with Gasteiger partial charge in [-0.3, -0.25) is 4.79 Å². The van der Waals surface area contributed by atoms with Gasteiger partial charge in [-0.25, -0.2) is 0 Å². The molecule has 24 heavy (non-hydrogen) atoms. The standard InChI is InChI=1S/C21H17NO2/c1-15-11-12-19(24-15)20-18-10-6-5-7-16(18)13-14-22(20)21(23)17-8-3-2-4-9-17/h2-14,20H,1H3. The van der Waals surface area contributed by atoms with E-state index in [1.54, 1.807) is 4.90 Å². The van der Waals surface area contributed by atoms with E-state index in [2.05, 4.69) is 6.07 Å². The number of aryl methyl sites for hydroxylation is 1. The van der Waals surface area contributed by atoms with E-state index in [1.807, 2.05) is 79.9 Å². The van der Waals surface area contributed by atoms with Gasteiger partial charge in [0.15, 0.2) is 0 Å². The van der Waals surface area contributed by atoms with Gasteiger partial charge in [0.1, 0.15) is 17.6 Å². The quantitative estimate of drug-likeness (QED) is 0.680. The molecule has 0 fully saturated rings. The third kappa shape index (κ3) is 2.44. The van der Waals surface area contributed by atoms with Crippen LogP contribution in [0.1, 0.15) is 39.0 Å². The van der Waals surface area contributed by atoms with Crippen molar-refractivity contribution in [3.05, 3.63) is 101 Å². The molecule has 0 N–H and O–H groups in total. The smallest absolute Gasteiger partial charge is 0.258 e. The van der Waals surface area contributed by atoms with Crippen LogP contribution in [0.4, 0.5) is 0 Å². The van der Waals surface area contributed by atoms with Crippen molar-refractivity contribution in [2.45, 2.75) is 13.0 Å². The number of carbonyl (C=O) groups is 1. The second-order valence-corrected chi connectivity index (χ2v) is 5.87. The number of furan rings is 1. The summed E-state index contributed by atoms with van der Waals surface area (Å²) in [6.07, 6.45) is 3.82. The molecule has 0 saturated heterocycles. The third-order valence-corrected chi connectivity index (χ3v) is 4.27. The first kappa shape index (κ1) is 14.5. The maximum atomic E-state index is 13.0. The highest BCUT2D eigenvalue weighted by molar-refractivity contribution is 5.96. The van der Waals surface area contributed by atoms with Gasteiger partial charge in [-0.05, 0) is 48.4 Å². The monoisotopic (exact) mass is 315 g/mol. The van der Waals surface area contributed by atoms with E-state index >= 15 is 0 Å². The predicted octanol–water partition coefficient (Wildman–Crippen LogP) is 4.80. The van der Waals surface area contributed by atoms with Crippen LogP contribution in [0.2, 0.25) is 0 Å². The summed E-state index contributed by atoms with van der Waals surface area (Å²) < 4.78 is 5.87. The molecule has 1 unspecified atom stereocenters. The van der Waals surface area contributed by atoms with E-state index in [1.165, 1.54) is 0 Å². The van der Waals surface area contributed by atoms with E-state index < -0.39 is 0 Å². The Hall–Kier alpha value is -3.07. The van der Waals surface area contributed by atoms with Crippen LogP contribution in [-0.2, 0) is 0 Å². The van der Waals surface area contributed by atoms with Crippen LogP contribution in [0, 0.1) is 6.92 Å². The summed E-state index contributed by atoms with van der Waals surface area (Å²) in [5.41, 5.74) is 2.84. The third-order valence-electron chi connectivity index (χ3n) is 4.27. The van der Waals surface area contributed by atoms with Crippen molar-refractivity contribution in [3.8, 4) is 0 Å². The van der Waals surface area contributed by atoms with E-state index in [0.717, 1.165) is 22.6 Å². The van der Waals surface area contributed by atoms with Crippen LogP contribution in [0.3, 0.4) is 0 Å². The molecular weight excluding hydrogens is 298 g/mol. The number of amides is 1. The molecule has 2 heterocycles. The van der Waals surface area contributed by atoms with Crippen LogP contribution in [0.5, 0.6) is 0 Å². The Morgan fingerprint density at radius 1 is 0.958 bits per heavy atom. The number of fused-ring (bicyclic) bond motifs is 1. The average molecular weight is 315 g/mol. The first-order valence-corrected chi connectivity index (χ1v) is 7.95. The van der Waals surface area contributed by atoms with Crippen LogP contribution < -0.4 is 0 Å². The zero-order valence-electron chi connectivity index (χ0n) is 13.3. The SMILES string of the molecule is Cc1ccc(C2c3ccccc3C=CN2C(=O)c2ccccc2)o1. The summed E-state index contributed by atoms with van der Waals surface area (Å²) in [5, 5.41) is 0. The zero-order valence-corrected chi connectivity index (χ0v) is 13.3. The molecule has 1 amide bonds. The molecule has 3 heteroatoms. The summed E-state index contributed by atoms with van der Waals surface area (Å²) in [5.74, 6) is 1.57. The van der Waals surface area contributed by atoms with Crippen LogP contribution in [0.25, 0.3) is 6.08 Å². The molecule has 3 aromatic rings. The summed E-state index contributed by atoms with van der Waals surface area (Å²) in [6.45, 7) is 1.91. The number of hydrogen-bond acceptors (Lipinski definition) is 2. The molecule has 0 bridgehead atoms. The molecule has 118 valence electrons. The first-order valence-electron chi connectivity index (χ1n) is 7.95. The molecule has 0 aliphatic carbocycles. The Morgan fingerprint density at radius 3 is 2.46 bits per heavy atom. The van der Waals surface area contributed by atoms with Gasteiger partial charge >= 0.3 is 0 Å². The Bertz CT molecular complexity index is 908. The molecule has 1 atom stereocenters. The van der Waals surface area contributed by atoms with Crippen molar-refractivity contribution >= 4 is 12.0 Å². The van der Waals surface area contributed by atoms with Gasteiger partial charge in [0, 0.05) is 11.8 Å². The molecule has 1 aromatic heterocycles. The van der Waals surface area contributed by atoms with Crippen molar-refractivity contribution in [3.63, 3.8) is 0 Å². The molecule has 0 radical (unpaired) electrons. The minimum atomic E-state index is -0.257. The highest BCUT2D eigenvalue weighted by Crippen LogP contribution is 2.37. The molecule has 3 nitrogen and oxygen atoms in total. The van der Waals surface area contributed by atoms with Gasteiger partial charge in [0.05, 0.1) is 0 Å². The van der Waals surface area contributed by atoms with Gasteiger partial charge < -0.3 is 9.32 Å². The number of hydrogen-bond donors (Lipinski definition) is 0. The Labute approximate surface area is 140 Å². The molecule has 0 saturated carbocycles. The fraction of sp³-hybridized carbons (Fsp3) is 0.0952. The van der Waals surface area contributed by atoms with Gasteiger partial charge in [0.25, 0.3) is 5.91 Å². The van der Waals surface area contributed by atoms with E-state index in [9.17, 15) is 4.79 Å². The van der Waals surface area contributed by atoms with Crippen LogP contribution in [-0.4, -0.2) is 10.8 Å². The Balaban J connectivity index is 1.82. The lowest BCUT2D eigenvalue weighted by atomic mass is 9.94. The topological polar surface area (TPSA) is 33.5 Å². The molecule has 0 spiro atoms. The maximum absolute atomic E-state index is 13.0. The second kappa shape index (κ2) is 5.85. The van der Waals surface area contributed by atoms with Crippen molar-refractivity contribution in [2.75, 3.05) is 0 Å². The fourth-order valence-corrected chi connectivity index (χ4v) is 3.11. The molecule has 1 aliphatic rings. The Morgan fingerprint density at radius 2 is 1.71 bits per heavy atom. The van der Waals surface area contributed by atoms with Crippen molar-refractivity contribution in [1.82, 2.24) is 4.90 Å². The highest BCUT2D eigenvalue weighted by Gasteiger charge is 2.31. The van der Waals surface area contributed by atoms with E-state index in [4.69, 9.17) is 4.42 Å². The normalized spacial score (nSPS) is 16.0. The molecule has 2 aromatic carbocycles. The number of nitrogens with zero attached hydrogens (tertiary/aromatic N) is 1. The summed E-state index contributed by atoms with van der Waals surface area (Å²) >= 11 is 0. The minimum absolute atomic E-state index is 0.0413. The van der Waals surface area contributed by atoms with Gasteiger partial charge in [-0.2, -0.15) is 0 Å². The second-order valence-electron chi connectivity index (χ2n) is 5.87. The zero-order chi connectivity index (χ0) is 16.5. The number of benzene rings is 2. The molecule has 4 rings (SSSR count). The van der Waals surface area contributed by atoms with Crippen LogP contribution in [0.15, 0.2) is 77.3 Å². The van der Waals surface area contributed by atoms with Crippen LogP contribution >= 0.6 is 0 Å². The minimum Gasteiger partial charge on any atom is -0.464 e. The molecular formula is C21H17NO2. The van der Waals surface area contributed by atoms with Crippen molar-refractivity contribution in [1.29, 1.82) is 0 Å². The predicted molar refractivity (Wildman–Crippen MR) is 93.4 cm³/mol. The summed E-state index contributed by atoms with van der Waals surface area (Å²) in [6, 6.07) is 21.0. The van der Waals surface area contributed by atoms with Crippen molar-refractivity contribution < 1.29 is 9.21 Å². The fourth-order valence-electron chi connectivity index (χ4n) is 3.11. The number of rotatable bonds is 2. The van der Waals surface area contributed by atoms with Gasteiger partial charge in [0.2, 0.25) is 0 Å². The Kier molecular flexibility index (Phi) is 3.54. The van der Waals surface area contributed by atoms with E-state index in [-0.39, 0.29) is 11.9 Å². The summed E-state index contributed by atoms with van der Waals surface area (Å²) in [4.78, 5) is 14.8. The number of carbonyl (C=O) groups excluding carboxylic acids is 1. The first-order chi connectivity index (χ1) is 11.7. The largest absolute Gasteiger partial charge is 0.464 e.